The first kappa shape index (κ1) is 19.7. The Bertz CT molecular complexity index is 1270. The fraction of sp³-hybridized carbons (Fsp3) is 0.238. The van der Waals surface area contributed by atoms with Crippen LogP contribution in [0.4, 0.5) is 10.1 Å². The summed E-state index contributed by atoms with van der Waals surface area (Å²) in [6.07, 6.45) is 3.79. The van der Waals surface area contributed by atoms with Crippen LogP contribution in [0.15, 0.2) is 47.9 Å². The van der Waals surface area contributed by atoms with Gasteiger partial charge in [0.2, 0.25) is 6.29 Å². The van der Waals surface area contributed by atoms with Gasteiger partial charge in [-0.2, -0.15) is 0 Å². The van der Waals surface area contributed by atoms with Gasteiger partial charge in [-0.05, 0) is 29.8 Å². The first-order valence-corrected chi connectivity index (χ1v) is 10.4. The van der Waals surface area contributed by atoms with E-state index in [0.717, 1.165) is 33.6 Å². The Morgan fingerprint density at radius 2 is 2.03 bits per heavy atom. The summed E-state index contributed by atoms with van der Waals surface area (Å²) in [5.74, 6) is 0.537. The summed E-state index contributed by atoms with van der Waals surface area (Å²) in [7, 11) is 1.91. The molecule has 0 atom stereocenters. The number of aromatic nitrogens is 3. The normalized spacial score (nSPS) is 14.8. The van der Waals surface area contributed by atoms with E-state index >= 15 is 0 Å². The highest BCUT2D eigenvalue weighted by Crippen LogP contribution is 2.40. The maximum atomic E-state index is 14.3. The highest BCUT2D eigenvalue weighted by atomic mass is 32.1. The lowest BCUT2D eigenvalue weighted by molar-refractivity contribution is -0.186. The monoisotopic (exact) mass is 440 g/mol. The summed E-state index contributed by atoms with van der Waals surface area (Å²) >= 11 is 1.44. The van der Waals surface area contributed by atoms with Crippen LogP contribution in [-0.2, 0) is 16.5 Å². The van der Waals surface area contributed by atoms with Crippen LogP contribution in [0.5, 0.6) is 11.5 Å². The van der Waals surface area contributed by atoms with Crippen molar-refractivity contribution in [3.05, 3.63) is 59.1 Å². The highest BCUT2D eigenvalue weighted by Gasteiger charge is 2.23. The molecule has 5 rings (SSSR count). The summed E-state index contributed by atoms with van der Waals surface area (Å²) in [6, 6.07) is 7.39. The highest BCUT2D eigenvalue weighted by molar-refractivity contribution is 7.22. The number of imidazole rings is 1. The van der Waals surface area contributed by atoms with Gasteiger partial charge in [0.05, 0.1) is 40.2 Å². The number of fused-ring (bicyclic) bond motifs is 1. The molecule has 4 heterocycles. The van der Waals surface area contributed by atoms with E-state index in [1.54, 1.807) is 18.5 Å². The van der Waals surface area contributed by atoms with Crippen LogP contribution in [0.3, 0.4) is 0 Å². The molecule has 0 spiro atoms. The number of nitroso groups, excluding NO2 is 1. The van der Waals surface area contributed by atoms with Gasteiger partial charge in [0.15, 0.2) is 11.6 Å². The molecule has 1 aromatic carbocycles. The fourth-order valence-corrected chi connectivity index (χ4v) is 4.48. The van der Waals surface area contributed by atoms with Gasteiger partial charge in [-0.15, -0.1) is 16.2 Å². The number of hydrogen-bond donors (Lipinski definition) is 0. The molecular formula is C21H17FN4O4S. The smallest absolute Gasteiger partial charge is 0.200 e. The number of pyridine rings is 1. The summed E-state index contributed by atoms with van der Waals surface area (Å²) in [5, 5.41) is 2.73. The fourth-order valence-electron chi connectivity index (χ4n) is 3.38. The van der Waals surface area contributed by atoms with Gasteiger partial charge in [0.1, 0.15) is 17.3 Å². The van der Waals surface area contributed by atoms with Crippen LogP contribution in [0.2, 0.25) is 0 Å². The maximum absolute atomic E-state index is 14.3. The van der Waals surface area contributed by atoms with Gasteiger partial charge in [0.25, 0.3) is 0 Å². The molecule has 3 aromatic heterocycles. The van der Waals surface area contributed by atoms with E-state index in [1.165, 1.54) is 23.5 Å². The summed E-state index contributed by atoms with van der Waals surface area (Å²) in [5.41, 5.74) is 1.54. The SMILES string of the molecule is Cn1c(C2OCCCO2)cnc1-c1cc2nccc(Oc3ccc(N=O)cc3F)c2s1. The van der Waals surface area contributed by atoms with Gasteiger partial charge in [-0.1, -0.05) is 0 Å². The standard InChI is InChI=1S/C21H17FN4O4S/c1-26-15(21-28-7-2-8-29-21)11-24-20(26)18-10-14-19(31-18)17(5-6-23-14)30-16-4-3-12(25-27)9-13(16)22/h3-6,9-11,21H,2,7-8H2,1H3. The van der Waals surface area contributed by atoms with E-state index in [4.69, 9.17) is 14.2 Å². The second kappa shape index (κ2) is 8.14. The molecular weight excluding hydrogens is 423 g/mol. The van der Waals surface area contributed by atoms with Gasteiger partial charge in [-0.3, -0.25) is 4.98 Å². The average Bonchev–Trinajstić information content (AvgIpc) is 3.39. The number of benzene rings is 1. The molecule has 1 fully saturated rings. The van der Waals surface area contributed by atoms with Crippen LogP contribution in [0, 0.1) is 10.7 Å². The Kier molecular flexibility index (Phi) is 5.18. The molecule has 0 amide bonds. The third-order valence-electron chi connectivity index (χ3n) is 4.93. The van der Waals surface area contributed by atoms with Gasteiger partial charge < -0.3 is 18.8 Å². The molecule has 158 valence electrons. The van der Waals surface area contributed by atoms with Gasteiger partial charge in [0, 0.05) is 25.4 Å². The minimum atomic E-state index is -0.667. The second-order valence-corrected chi connectivity index (χ2v) is 7.99. The zero-order chi connectivity index (χ0) is 21.4. The van der Waals surface area contributed by atoms with Crippen LogP contribution in [0.25, 0.3) is 20.9 Å². The zero-order valence-electron chi connectivity index (χ0n) is 16.4. The lowest BCUT2D eigenvalue weighted by Gasteiger charge is -2.23. The van der Waals surface area contributed by atoms with E-state index in [2.05, 4.69) is 15.1 Å². The molecule has 0 saturated carbocycles. The molecule has 1 saturated heterocycles. The van der Waals surface area contributed by atoms with Crippen molar-refractivity contribution in [3.63, 3.8) is 0 Å². The summed E-state index contributed by atoms with van der Waals surface area (Å²) in [6.45, 7) is 1.30. The molecule has 0 N–H and O–H groups in total. The predicted molar refractivity (Wildman–Crippen MR) is 113 cm³/mol. The van der Waals surface area contributed by atoms with Crippen LogP contribution in [-0.4, -0.2) is 27.7 Å². The van der Waals surface area contributed by atoms with E-state index in [0.29, 0.717) is 24.5 Å². The first-order chi connectivity index (χ1) is 15.1. The first-order valence-electron chi connectivity index (χ1n) is 9.58. The quantitative estimate of drug-likeness (QED) is 0.383. The number of ether oxygens (including phenoxy) is 3. The average molecular weight is 440 g/mol. The molecule has 0 radical (unpaired) electrons. The lowest BCUT2D eigenvalue weighted by atomic mass is 10.3. The lowest BCUT2D eigenvalue weighted by Crippen LogP contribution is -2.19. The maximum Gasteiger partial charge on any atom is 0.200 e. The van der Waals surface area contributed by atoms with E-state index in [9.17, 15) is 9.30 Å². The van der Waals surface area contributed by atoms with E-state index < -0.39 is 12.1 Å². The number of rotatable bonds is 5. The third-order valence-corrected chi connectivity index (χ3v) is 6.06. The van der Waals surface area contributed by atoms with Crippen molar-refractivity contribution in [2.75, 3.05) is 13.2 Å². The number of nitrogens with zero attached hydrogens (tertiary/aromatic N) is 4. The molecule has 0 bridgehead atoms. The summed E-state index contributed by atoms with van der Waals surface area (Å²) in [4.78, 5) is 20.4. The summed E-state index contributed by atoms with van der Waals surface area (Å²) < 4.78 is 34.1. The molecule has 1 aliphatic heterocycles. The van der Waals surface area contributed by atoms with Gasteiger partial charge >= 0.3 is 0 Å². The predicted octanol–water partition coefficient (Wildman–Crippen LogP) is 5.46. The van der Waals surface area contributed by atoms with Crippen molar-refractivity contribution in [1.29, 1.82) is 0 Å². The Balaban J connectivity index is 1.49. The molecule has 1 aliphatic rings. The van der Waals surface area contributed by atoms with Crippen molar-refractivity contribution in [2.24, 2.45) is 12.2 Å². The Labute approximate surface area is 180 Å². The van der Waals surface area contributed by atoms with Crippen molar-refractivity contribution < 1.29 is 18.6 Å². The molecule has 0 aliphatic carbocycles. The molecule has 8 nitrogen and oxygen atoms in total. The minimum Gasteiger partial charge on any atom is -0.453 e. The number of halogens is 1. The minimum absolute atomic E-state index is 0.000327. The number of hydrogen-bond acceptors (Lipinski definition) is 8. The topological polar surface area (TPSA) is 87.8 Å². The van der Waals surface area contributed by atoms with Crippen molar-refractivity contribution in [2.45, 2.75) is 12.7 Å². The molecule has 0 unspecified atom stereocenters. The Morgan fingerprint density at radius 3 is 2.81 bits per heavy atom. The molecule has 31 heavy (non-hydrogen) atoms. The third kappa shape index (κ3) is 3.69. The van der Waals surface area contributed by atoms with E-state index in [1.807, 2.05) is 17.7 Å². The van der Waals surface area contributed by atoms with E-state index in [-0.39, 0.29) is 11.4 Å². The Morgan fingerprint density at radius 1 is 1.19 bits per heavy atom. The van der Waals surface area contributed by atoms with Crippen molar-refractivity contribution >= 4 is 27.2 Å². The molecule has 10 heteroatoms. The second-order valence-electron chi connectivity index (χ2n) is 6.93. The van der Waals surface area contributed by atoms with Crippen molar-refractivity contribution in [1.82, 2.24) is 14.5 Å². The molecule has 4 aromatic rings. The largest absolute Gasteiger partial charge is 0.453 e. The Hall–Kier alpha value is -3.21. The number of thiophene rings is 1. The zero-order valence-corrected chi connectivity index (χ0v) is 17.3. The van der Waals surface area contributed by atoms with Crippen LogP contribution >= 0.6 is 11.3 Å². The van der Waals surface area contributed by atoms with Crippen LogP contribution in [0.1, 0.15) is 18.4 Å². The van der Waals surface area contributed by atoms with Crippen LogP contribution < -0.4 is 4.74 Å². The van der Waals surface area contributed by atoms with Crippen molar-refractivity contribution in [3.8, 4) is 22.2 Å². The van der Waals surface area contributed by atoms with Gasteiger partial charge in [-0.25, -0.2) is 9.37 Å².